The molecule has 2 atom stereocenters. The van der Waals surface area contributed by atoms with Crippen molar-refractivity contribution in [1.29, 1.82) is 0 Å². The van der Waals surface area contributed by atoms with E-state index in [1.165, 1.54) is 43.2 Å². The van der Waals surface area contributed by atoms with Gasteiger partial charge >= 0.3 is 0 Å². The van der Waals surface area contributed by atoms with Crippen molar-refractivity contribution in [2.24, 2.45) is 0 Å². The highest BCUT2D eigenvalue weighted by molar-refractivity contribution is 5.82. The molecule has 1 aliphatic carbocycles. The maximum atomic E-state index is 12.2. The smallest absolute Gasteiger partial charge is 0.237 e. The van der Waals surface area contributed by atoms with Gasteiger partial charge < -0.3 is 15.7 Å². The summed E-state index contributed by atoms with van der Waals surface area (Å²) in [4.78, 5) is 14.7. The third-order valence-electron chi connectivity index (χ3n) is 5.61. The van der Waals surface area contributed by atoms with Crippen LogP contribution >= 0.6 is 0 Å². The highest BCUT2D eigenvalue weighted by atomic mass is 16.3. The van der Waals surface area contributed by atoms with Crippen molar-refractivity contribution < 1.29 is 9.90 Å². The van der Waals surface area contributed by atoms with Crippen LogP contribution in [0, 0.1) is 0 Å². The summed E-state index contributed by atoms with van der Waals surface area (Å²) in [6.07, 6.45) is 6.73. The third kappa shape index (κ3) is 5.03. The minimum absolute atomic E-state index is 0.0213. The molecule has 3 N–H and O–H groups in total. The molecule has 1 saturated carbocycles. The Hall–Kier alpha value is -1.43. The number of aliphatic hydroxyl groups is 1. The van der Waals surface area contributed by atoms with E-state index in [1.54, 1.807) is 0 Å². The fraction of sp³-hybridized carbons (Fsp3) is 0.650. The molecule has 25 heavy (non-hydrogen) atoms. The Kier molecular flexibility index (Phi) is 6.45. The number of nitrogens with zero attached hydrogens (tertiary/aromatic N) is 1. The van der Waals surface area contributed by atoms with Gasteiger partial charge in [-0.2, -0.15) is 0 Å². The molecule has 0 bridgehead atoms. The van der Waals surface area contributed by atoms with E-state index in [-0.39, 0.29) is 11.9 Å². The molecule has 5 heteroatoms. The summed E-state index contributed by atoms with van der Waals surface area (Å²) < 4.78 is 0. The quantitative estimate of drug-likeness (QED) is 0.735. The molecule has 1 aromatic rings. The van der Waals surface area contributed by atoms with E-state index in [0.29, 0.717) is 25.6 Å². The zero-order valence-corrected chi connectivity index (χ0v) is 15.2. The number of carbonyl (C=O) groups is 1. The summed E-state index contributed by atoms with van der Waals surface area (Å²) in [7, 11) is 2.22. The Bertz CT molecular complexity index is 572. The van der Waals surface area contributed by atoms with E-state index in [2.05, 4.69) is 40.8 Å². The Morgan fingerprint density at radius 3 is 2.64 bits per heavy atom. The molecule has 2 unspecified atom stereocenters. The number of β-amino-alcohol motifs (C(OH)–C–C–N with tert-alkyl or cyclic N) is 1. The van der Waals surface area contributed by atoms with Crippen LogP contribution in [0.5, 0.6) is 0 Å². The zero-order valence-electron chi connectivity index (χ0n) is 15.2. The van der Waals surface area contributed by atoms with Crippen molar-refractivity contribution in [2.75, 3.05) is 13.6 Å². The van der Waals surface area contributed by atoms with Gasteiger partial charge in [-0.3, -0.25) is 9.69 Å². The Labute approximate surface area is 150 Å². The van der Waals surface area contributed by atoms with Crippen LogP contribution in [0.1, 0.15) is 49.7 Å². The van der Waals surface area contributed by atoms with Gasteiger partial charge in [-0.25, -0.2) is 0 Å². The molecule has 1 amide bonds. The van der Waals surface area contributed by atoms with Gasteiger partial charge in [0, 0.05) is 25.7 Å². The number of aliphatic hydroxyl groups excluding tert-OH is 1. The molecule has 5 nitrogen and oxygen atoms in total. The molecule has 2 aliphatic rings. The summed E-state index contributed by atoms with van der Waals surface area (Å²) >= 11 is 0. The Balaban J connectivity index is 1.56. The Morgan fingerprint density at radius 2 is 1.96 bits per heavy atom. The lowest BCUT2D eigenvalue weighted by Gasteiger charge is -2.31. The van der Waals surface area contributed by atoms with Crippen LogP contribution in [-0.2, 0) is 17.9 Å². The van der Waals surface area contributed by atoms with Crippen LogP contribution in [0.25, 0.3) is 0 Å². The van der Waals surface area contributed by atoms with Crippen molar-refractivity contribution in [3.8, 4) is 0 Å². The van der Waals surface area contributed by atoms with Gasteiger partial charge in [-0.15, -0.1) is 0 Å². The van der Waals surface area contributed by atoms with Gasteiger partial charge in [0.2, 0.25) is 5.91 Å². The molecular formula is C20H31N3O2. The van der Waals surface area contributed by atoms with Crippen LogP contribution < -0.4 is 10.6 Å². The molecule has 1 heterocycles. The fourth-order valence-corrected chi connectivity index (χ4v) is 4.03. The number of carbonyl (C=O) groups excluding carboxylic acids is 1. The molecule has 138 valence electrons. The number of benzene rings is 1. The van der Waals surface area contributed by atoms with Gasteiger partial charge in [0.15, 0.2) is 0 Å². The summed E-state index contributed by atoms with van der Waals surface area (Å²) in [5, 5.41) is 15.6. The van der Waals surface area contributed by atoms with E-state index in [4.69, 9.17) is 0 Å². The SMILES string of the molecule is CN(Cc1ccccc1CNC(=O)C1CC(O)CN1)C1CCCCC1. The first-order valence-corrected chi connectivity index (χ1v) is 9.59. The third-order valence-corrected chi connectivity index (χ3v) is 5.61. The number of hydrogen-bond donors (Lipinski definition) is 3. The Morgan fingerprint density at radius 1 is 1.24 bits per heavy atom. The monoisotopic (exact) mass is 345 g/mol. The molecule has 0 spiro atoms. The van der Waals surface area contributed by atoms with Gasteiger partial charge in [0.25, 0.3) is 0 Å². The predicted molar refractivity (Wildman–Crippen MR) is 99.0 cm³/mol. The van der Waals surface area contributed by atoms with Gasteiger partial charge in [0.05, 0.1) is 12.1 Å². The largest absolute Gasteiger partial charge is 0.392 e. The number of hydrogen-bond acceptors (Lipinski definition) is 4. The van der Waals surface area contributed by atoms with Crippen LogP contribution in [-0.4, -0.2) is 47.7 Å². The summed E-state index contributed by atoms with van der Waals surface area (Å²) in [5.74, 6) is -0.0213. The normalized spacial score (nSPS) is 24.6. The molecule has 1 aliphatic heterocycles. The first-order chi connectivity index (χ1) is 12.1. The lowest BCUT2D eigenvalue weighted by molar-refractivity contribution is -0.123. The minimum Gasteiger partial charge on any atom is -0.392 e. The predicted octanol–water partition coefficient (Wildman–Crippen LogP) is 1.79. The lowest BCUT2D eigenvalue weighted by atomic mass is 9.94. The topological polar surface area (TPSA) is 64.6 Å². The van der Waals surface area contributed by atoms with Gasteiger partial charge in [0.1, 0.15) is 0 Å². The van der Waals surface area contributed by atoms with E-state index < -0.39 is 6.10 Å². The molecule has 0 radical (unpaired) electrons. The molecule has 0 aromatic heterocycles. The van der Waals surface area contributed by atoms with E-state index in [9.17, 15) is 9.90 Å². The van der Waals surface area contributed by atoms with Crippen LogP contribution in [0.4, 0.5) is 0 Å². The second-order valence-electron chi connectivity index (χ2n) is 7.54. The second kappa shape index (κ2) is 8.79. The molecular weight excluding hydrogens is 314 g/mol. The highest BCUT2D eigenvalue weighted by Gasteiger charge is 2.27. The van der Waals surface area contributed by atoms with Gasteiger partial charge in [-0.1, -0.05) is 43.5 Å². The summed E-state index contributed by atoms with van der Waals surface area (Å²) in [6, 6.07) is 8.78. The highest BCUT2D eigenvalue weighted by Crippen LogP contribution is 2.23. The van der Waals surface area contributed by atoms with E-state index >= 15 is 0 Å². The molecule has 2 fully saturated rings. The van der Waals surface area contributed by atoms with Crippen molar-refractivity contribution in [2.45, 2.75) is 69.8 Å². The maximum absolute atomic E-state index is 12.2. The van der Waals surface area contributed by atoms with Crippen LogP contribution in [0.2, 0.25) is 0 Å². The van der Waals surface area contributed by atoms with E-state index in [1.807, 2.05) is 6.07 Å². The van der Waals surface area contributed by atoms with Gasteiger partial charge in [-0.05, 0) is 37.4 Å². The lowest BCUT2D eigenvalue weighted by Crippen LogP contribution is -2.40. The number of rotatable bonds is 6. The zero-order chi connectivity index (χ0) is 17.6. The van der Waals surface area contributed by atoms with Crippen molar-refractivity contribution in [3.63, 3.8) is 0 Å². The average Bonchev–Trinajstić information content (AvgIpc) is 3.08. The number of amides is 1. The van der Waals surface area contributed by atoms with Crippen LogP contribution in [0.3, 0.4) is 0 Å². The van der Waals surface area contributed by atoms with Crippen LogP contribution in [0.15, 0.2) is 24.3 Å². The summed E-state index contributed by atoms with van der Waals surface area (Å²) in [6.45, 7) is 1.97. The second-order valence-corrected chi connectivity index (χ2v) is 7.54. The number of nitrogens with one attached hydrogen (secondary N) is 2. The molecule has 3 rings (SSSR count). The van der Waals surface area contributed by atoms with Crippen molar-refractivity contribution in [3.05, 3.63) is 35.4 Å². The standard InChI is InChI=1S/C20H31N3O2/c1-23(17-9-3-2-4-10-17)14-16-8-6-5-7-15(16)12-22-20(25)19-11-18(24)13-21-19/h5-8,17-19,21,24H,2-4,9-14H2,1H3,(H,22,25). The molecule has 1 aromatic carbocycles. The average molecular weight is 345 g/mol. The fourth-order valence-electron chi connectivity index (χ4n) is 4.03. The van der Waals surface area contributed by atoms with Crippen molar-refractivity contribution >= 4 is 5.91 Å². The maximum Gasteiger partial charge on any atom is 0.237 e. The minimum atomic E-state index is -0.410. The first kappa shape index (κ1) is 18.4. The first-order valence-electron chi connectivity index (χ1n) is 9.59. The summed E-state index contributed by atoms with van der Waals surface area (Å²) in [5.41, 5.74) is 2.47. The van der Waals surface area contributed by atoms with Crippen molar-refractivity contribution in [1.82, 2.24) is 15.5 Å². The van der Waals surface area contributed by atoms with E-state index in [0.717, 1.165) is 6.54 Å². The molecule has 1 saturated heterocycles.